The summed E-state index contributed by atoms with van der Waals surface area (Å²) in [6.45, 7) is 4.68. The molecule has 3 aromatic carbocycles. The molecule has 0 bridgehead atoms. The molecule has 32 heavy (non-hydrogen) atoms. The van der Waals surface area contributed by atoms with Gasteiger partial charge in [-0.15, -0.1) is 12.4 Å². The third-order valence-electron chi connectivity index (χ3n) is 5.81. The molecule has 1 saturated heterocycles. The van der Waals surface area contributed by atoms with E-state index >= 15 is 0 Å². The first-order chi connectivity index (χ1) is 15.1. The Hall–Kier alpha value is -2.87. The lowest BCUT2D eigenvalue weighted by atomic mass is 10.1. The van der Waals surface area contributed by atoms with Crippen LogP contribution in [0.15, 0.2) is 88.8 Å². The van der Waals surface area contributed by atoms with Crippen molar-refractivity contribution >= 4 is 38.8 Å². The van der Waals surface area contributed by atoms with E-state index < -0.39 is 9.84 Å². The van der Waals surface area contributed by atoms with Gasteiger partial charge >= 0.3 is 0 Å². The Bertz CT molecular complexity index is 1290. The van der Waals surface area contributed by atoms with E-state index in [4.69, 9.17) is 0 Å². The van der Waals surface area contributed by atoms with Crippen LogP contribution in [0.5, 0.6) is 0 Å². The van der Waals surface area contributed by atoms with Gasteiger partial charge in [0.05, 0.1) is 10.4 Å². The molecular weight excluding hydrogens is 444 g/mol. The molecule has 0 spiro atoms. The van der Waals surface area contributed by atoms with Crippen molar-refractivity contribution in [1.82, 2.24) is 15.1 Å². The average Bonchev–Trinajstić information content (AvgIpc) is 3.25. The van der Waals surface area contributed by atoms with Crippen molar-refractivity contribution in [2.45, 2.75) is 16.5 Å². The molecule has 5 rings (SSSR count). The summed E-state index contributed by atoms with van der Waals surface area (Å²) in [5.41, 5.74) is 3.07. The molecule has 1 aliphatic heterocycles. The van der Waals surface area contributed by atoms with Gasteiger partial charge in [-0.3, -0.25) is 10.00 Å². The highest BCUT2D eigenvalue weighted by molar-refractivity contribution is 7.91. The number of H-pyrrole nitrogens is 1. The minimum atomic E-state index is -3.68. The lowest BCUT2D eigenvalue weighted by molar-refractivity contribution is 0.250. The summed E-state index contributed by atoms with van der Waals surface area (Å²) >= 11 is 0. The van der Waals surface area contributed by atoms with Gasteiger partial charge in [-0.2, -0.15) is 5.10 Å². The Labute approximate surface area is 194 Å². The predicted octanol–water partition coefficient (Wildman–Crippen LogP) is 4.14. The van der Waals surface area contributed by atoms with Gasteiger partial charge in [-0.25, -0.2) is 8.42 Å². The molecule has 1 aliphatic rings. The minimum absolute atomic E-state index is 0. The molecule has 0 unspecified atom stereocenters. The number of fused-ring (bicyclic) bond motifs is 1. The Balaban J connectivity index is 0.00000245. The van der Waals surface area contributed by atoms with Crippen LogP contribution >= 0.6 is 12.4 Å². The normalized spacial score (nSPS) is 14.9. The van der Waals surface area contributed by atoms with Crippen molar-refractivity contribution in [3.8, 4) is 0 Å². The lowest BCUT2D eigenvalue weighted by Gasteiger charge is -2.36. The monoisotopic (exact) mass is 468 g/mol. The molecule has 4 aromatic rings. The van der Waals surface area contributed by atoms with Crippen LogP contribution in [-0.4, -0.2) is 49.7 Å². The fourth-order valence-electron chi connectivity index (χ4n) is 4.10. The van der Waals surface area contributed by atoms with Gasteiger partial charge in [0.2, 0.25) is 9.84 Å². The number of nitrogens with zero attached hydrogens (tertiary/aromatic N) is 3. The largest absolute Gasteiger partial charge is 0.369 e. The first kappa shape index (κ1) is 22.3. The van der Waals surface area contributed by atoms with Crippen LogP contribution in [0.1, 0.15) is 5.56 Å². The highest BCUT2D eigenvalue weighted by Crippen LogP contribution is 2.30. The molecule has 0 amide bonds. The molecule has 2 heterocycles. The number of anilines is 1. The van der Waals surface area contributed by atoms with Crippen LogP contribution in [0.4, 0.5) is 5.69 Å². The smallest absolute Gasteiger partial charge is 0.226 e. The van der Waals surface area contributed by atoms with E-state index in [9.17, 15) is 8.42 Å². The highest BCUT2D eigenvalue weighted by atomic mass is 35.5. The first-order valence-electron chi connectivity index (χ1n) is 10.4. The summed E-state index contributed by atoms with van der Waals surface area (Å²) in [5, 5.41) is 7.74. The number of halogens is 1. The third-order valence-corrected chi connectivity index (χ3v) is 7.52. The van der Waals surface area contributed by atoms with Crippen LogP contribution in [0.25, 0.3) is 10.9 Å². The maximum atomic E-state index is 13.1. The topological polar surface area (TPSA) is 69.3 Å². The SMILES string of the molecule is Cl.O=S(=O)(c1ccccc1)c1n[nH]c2ccc(N3CCN(Cc4ccccc4)CC3)cc12. The molecule has 1 fully saturated rings. The van der Waals surface area contributed by atoms with Crippen LogP contribution in [0, 0.1) is 0 Å². The number of aromatic amines is 1. The van der Waals surface area contributed by atoms with E-state index in [0.717, 1.165) is 43.9 Å². The maximum Gasteiger partial charge on any atom is 0.226 e. The van der Waals surface area contributed by atoms with Crippen molar-refractivity contribution in [2.24, 2.45) is 0 Å². The molecule has 0 aliphatic carbocycles. The second-order valence-electron chi connectivity index (χ2n) is 7.82. The zero-order valence-corrected chi connectivity index (χ0v) is 19.1. The molecule has 0 radical (unpaired) electrons. The van der Waals surface area contributed by atoms with E-state index in [1.165, 1.54) is 5.56 Å². The van der Waals surface area contributed by atoms with E-state index in [1.54, 1.807) is 30.3 Å². The highest BCUT2D eigenvalue weighted by Gasteiger charge is 2.25. The maximum absolute atomic E-state index is 13.1. The second kappa shape index (κ2) is 9.32. The number of aromatic nitrogens is 2. The molecule has 1 N–H and O–H groups in total. The summed E-state index contributed by atoms with van der Waals surface area (Å²) in [6, 6.07) is 24.9. The fraction of sp³-hybridized carbons (Fsp3) is 0.208. The Morgan fingerprint density at radius 1 is 0.844 bits per heavy atom. The fourth-order valence-corrected chi connectivity index (χ4v) is 5.46. The Morgan fingerprint density at radius 3 is 2.19 bits per heavy atom. The zero-order chi connectivity index (χ0) is 21.3. The van der Waals surface area contributed by atoms with E-state index in [1.807, 2.05) is 24.3 Å². The summed E-state index contributed by atoms with van der Waals surface area (Å²) in [6.07, 6.45) is 0. The van der Waals surface area contributed by atoms with Crippen molar-refractivity contribution in [2.75, 3.05) is 31.1 Å². The average molecular weight is 469 g/mol. The van der Waals surface area contributed by atoms with Gasteiger partial charge in [0.15, 0.2) is 5.03 Å². The quantitative estimate of drug-likeness (QED) is 0.476. The van der Waals surface area contributed by atoms with Crippen LogP contribution in [0.2, 0.25) is 0 Å². The molecule has 166 valence electrons. The van der Waals surface area contributed by atoms with Gasteiger partial charge in [0.1, 0.15) is 0 Å². The third kappa shape index (κ3) is 4.37. The molecule has 1 aromatic heterocycles. The standard InChI is InChI=1S/C24H24N4O2S.ClH/c29-31(30,21-9-5-2-6-10-21)24-22-17-20(11-12-23(22)25-26-24)28-15-13-27(14-16-28)18-19-7-3-1-4-8-19;/h1-12,17H,13-16,18H2,(H,25,26);1H. The van der Waals surface area contributed by atoms with E-state index in [-0.39, 0.29) is 22.3 Å². The molecule has 0 saturated carbocycles. The van der Waals surface area contributed by atoms with Crippen molar-refractivity contribution in [3.63, 3.8) is 0 Å². The van der Waals surface area contributed by atoms with Crippen molar-refractivity contribution < 1.29 is 8.42 Å². The number of hydrogen-bond donors (Lipinski definition) is 1. The number of sulfone groups is 1. The predicted molar refractivity (Wildman–Crippen MR) is 129 cm³/mol. The van der Waals surface area contributed by atoms with Crippen molar-refractivity contribution in [1.29, 1.82) is 0 Å². The van der Waals surface area contributed by atoms with Crippen LogP contribution < -0.4 is 4.90 Å². The molecule has 0 atom stereocenters. The second-order valence-corrected chi connectivity index (χ2v) is 9.69. The lowest BCUT2D eigenvalue weighted by Crippen LogP contribution is -2.45. The summed E-state index contributed by atoms with van der Waals surface area (Å²) < 4.78 is 26.2. The number of piperazine rings is 1. The van der Waals surface area contributed by atoms with Crippen LogP contribution in [0.3, 0.4) is 0 Å². The number of benzene rings is 3. The van der Waals surface area contributed by atoms with Crippen molar-refractivity contribution in [3.05, 3.63) is 84.4 Å². The summed E-state index contributed by atoms with van der Waals surface area (Å²) in [5.74, 6) is 0. The van der Waals surface area contributed by atoms with E-state index in [2.05, 4.69) is 44.3 Å². The Kier molecular flexibility index (Phi) is 6.50. The van der Waals surface area contributed by atoms with Gasteiger partial charge in [0, 0.05) is 43.8 Å². The van der Waals surface area contributed by atoms with Gasteiger partial charge in [0.25, 0.3) is 0 Å². The minimum Gasteiger partial charge on any atom is -0.369 e. The van der Waals surface area contributed by atoms with Gasteiger partial charge in [-0.1, -0.05) is 48.5 Å². The zero-order valence-electron chi connectivity index (χ0n) is 17.5. The van der Waals surface area contributed by atoms with Gasteiger partial charge < -0.3 is 4.90 Å². The number of rotatable bonds is 5. The summed E-state index contributed by atoms with van der Waals surface area (Å²) in [4.78, 5) is 5.02. The van der Waals surface area contributed by atoms with E-state index in [0.29, 0.717) is 5.39 Å². The molecule has 8 heteroatoms. The molecule has 6 nitrogen and oxygen atoms in total. The number of nitrogens with one attached hydrogen (secondary N) is 1. The first-order valence-corrected chi connectivity index (χ1v) is 11.9. The summed E-state index contributed by atoms with van der Waals surface area (Å²) in [7, 11) is -3.68. The van der Waals surface area contributed by atoms with Crippen LogP contribution in [-0.2, 0) is 16.4 Å². The van der Waals surface area contributed by atoms with Gasteiger partial charge in [-0.05, 0) is 35.9 Å². The Morgan fingerprint density at radius 2 is 1.50 bits per heavy atom. The number of hydrogen-bond acceptors (Lipinski definition) is 5. The molecular formula is C24H25ClN4O2S.